The molecule has 0 aliphatic rings. The van der Waals surface area contributed by atoms with Crippen LogP contribution in [0, 0.1) is 0 Å². The Bertz CT molecular complexity index is 623. The third-order valence-corrected chi connectivity index (χ3v) is 3.25. The highest BCUT2D eigenvalue weighted by atomic mass is 79.9. The summed E-state index contributed by atoms with van der Waals surface area (Å²) in [5.41, 5.74) is 1.13. The molecular weight excluding hydrogens is 322 g/mol. The van der Waals surface area contributed by atoms with Crippen LogP contribution in [0.3, 0.4) is 0 Å². The van der Waals surface area contributed by atoms with Crippen LogP contribution < -0.4 is 10.1 Å². The lowest BCUT2D eigenvalue weighted by Gasteiger charge is -2.13. The number of pyridine rings is 1. The van der Waals surface area contributed by atoms with Gasteiger partial charge in [-0.3, -0.25) is 4.79 Å². The highest BCUT2D eigenvalue weighted by Crippen LogP contribution is 2.23. The van der Waals surface area contributed by atoms with Crippen LogP contribution in [-0.4, -0.2) is 22.6 Å². The lowest BCUT2D eigenvalue weighted by molar-refractivity contribution is 0.101. The van der Waals surface area contributed by atoms with Crippen molar-refractivity contribution in [3.63, 3.8) is 0 Å². The number of amides is 1. The Labute approximate surface area is 126 Å². The third-order valence-electron chi connectivity index (χ3n) is 2.82. The number of ether oxygens (including phenoxy) is 1. The molecule has 1 N–H and O–H groups in total. The topological polar surface area (TPSA) is 56.1 Å². The first kappa shape index (κ1) is 14.6. The second-order valence-corrected chi connectivity index (χ2v) is 5.47. The normalized spacial score (nSPS) is 10.7. The number of carbonyl (C=O) groups is 1. The van der Waals surface area contributed by atoms with Gasteiger partial charge < -0.3 is 14.6 Å². The fourth-order valence-electron chi connectivity index (χ4n) is 1.89. The van der Waals surface area contributed by atoms with Crippen molar-refractivity contribution in [3.05, 3.63) is 40.8 Å². The predicted octanol–water partition coefficient (Wildman–Crippen LogP) is 3.49. The summed E-state index contributed by atoms with van der Waals surface area (Å²) in [6, 6.07) is 5.48. The van der Waals surface area contributed by atoms with E-state index in [1.807, 2.05) is 24.6 Å². The van der Waals surface area contributed by atoms with Crippen molar-refractivity contribution in [1.29, 1.82) is 0 Å². The monoisotopic (exact) mass is 337 g/mol. The van der Waals surface area contributed by atoms with E-state index in [0.717, 1.165) is 4.47 Å². The molecule has 2 heterocycles. The minimum Gasteiger partial charge on any atom is -0.480 e. The summed E-state index contributed by atoms with van der Waals surface area (Å²) in [4.78, 5) is 16.4. The standard InChI is InChI=1S/C14H16BrN3O2/c1-9(2)18-8-10(15)7-12(18)13(19)17-11-5-4-6-16-14(11)20-3/h4-9H,1-3H3,(H,17,19). The van der Waals surface area contributed by atoms with Crippen molar-refractivity contribution in [2.24, 2.45) is 0 Å². The zero-order valence-corrected chi connectivity index (χ0v) is 13.1. The van der Waals surface area contributed by atoms with Crippen molar-refractivity contribution in [3.8, 4) is 5.88 Å². The van der Waals surface area contributed by atoms with Crippen molar-refractivity contribution >= 4 is 27.5 Å². The van der Waals surface area contributed by atoms with Crippen LogP contribution in [0.4, 0.5) is 5.69 Å². The minimum absolute atomic E-state index is 0.192. The third kappa shape index (κ3) is 3.01. The van der Waals surface area contributed by atoms with E-state index in [1.54, 1.807) is 24.4 Å². The van der Waals surface area contributed by atoms with Crippen molar-refractivity contribution in [2.45, 2.75) is 19.9 Å². The zero-order valence-electron chi connectivity index (χ0n) is 11.6. The van der Waals surface area contributed by atoms with Crippen molar-refractivity contribution < 1.29 is 9.53 Å². The van der Waals surface area contributed by atoms with E-state index in [-0.39, 0.29) is 11.9 Å². The maximum absolute atomic E-state index is 12.4. The lowest BCUT2D eigenvalue weighted by atomic mass is 10.3. The molecule has 106 valence electrons. The van der Waals surface area contributed by atoms with Gasteiger partial charge in [0.05, 0.1) is 7.11 Å². The first-order valence-electron chi connectivity index (χ1n) is 6.20. The summed E-state index contributed by atoms with van der Waals surface area (Å²) >= 11 is 3.40. The number of hydrogen-bond donors (Lipinski definition) is 1. The Kier molecular flexibility index (Phi) is 4.44. The maximum Gasteiger partial charge on any atom is 0.272 e. The fourth-order valence-corrected chi connectivity index (χ4v) is 2.33. The second-order valence-electron chi connectivity index (χ2n) is 4.56. The van der Waals surface area contributed by atoms with Crippen LogP contribution in [-0.2, 0) is 0 Å². The SMILES string of the molecule is COc1ncccc1NC(=O)c1cc(Br)cn1C(C)C. The van der Waals surface area contributed by atoms with Crippen molar-refractivity contribution in [1.82, 2.24) is 9.55 Å². The number of anilines is 1. The molecule has 0 aliphatic carbocycles. The molecule has 0 fully saturated rings. The van der Waals surface area contributed by atoms with Crippen LogP contribution in [0.25, 0.3) is 0 Å². The van der Waals surface area contributed by atoms with E-state index in [9.17, 15) is 4.79 Å². The first-order chi connectivity index (χ1) is 9.52. The summed E-state index contributed by atoms with van der Waals surface area (Å²) in [6.07, 6.45) is 3.50. The largest absolute Gasteiger partial charge is 0.480 e. The molecule has 2 rings (SSSR count). The van der Waals surface area contributed by atoms with E-state index in [2.05, 4.69) is 26.2 Å². The van der Waals surface area contributed by atoms with Crippen LogP contribution >= 0.6 is 15.9 Å². The molecule has 0 aromatic carbocycles. The number of methoxy groups -OCH3 is 1. The highest BCUT2D eigenvalue weighted by Gasteiger charge is 2.16. The molecule has 0 atom stereocenters. The number of rotatable bonds is 4. The molecule has 0 spiro atoms. The van der Waals surface area contributed by atoms with Gasteiger partial charge in [0.2, 0.25) is 5.88 Å². The van der Waals surface area contributed by atoms with Gasteiger partial charge in [-0.1, -0.05) is 0 Å². The molecule has 0 aliphatic heterocycles. The molecule has 1 amide bonds. The molecule has 0 saturated carbocycles. The Morgan fingerprint density at radius 2 is 2.25 bits per heavy atom. The summed E-state index contributed by atoms with van der Waals surface area (Å²) in [5, 5.41) is 2.82. The van der Waals surface area contributed by atoms with Gasteiger partial charge in [-0.25, -0.2) is 4.98 Å². The number of nitrogens with one attached hydrogen (secondary N) is 1. The number of carbonyl (C=O) groups excluding carboxylic acids is 1. The Hall–Kier alpha value is -1.82. The summed E-state index contributed by atoms with van der Waals surface area (Å²) < 4.78 is 7.90. The average molecular weight is 338 g/mol. The quantitative estimate of drug-likeness (QED) is 0.928. The molecule has 6 heteroatoms. The molecule has 2 aromatic heterocycles. The van der Waals surface area contributed by atoms with Gasteiger partial charge >= 0.3 is 0 Å². The zero-order chi connectivity index (χ0) is 14.7. The fraction of sp³-hybridized carbons (Fsp3) is 0.286. The molecule has 0 saturated heterocycles. The number of aromatic nitrogens is 2. The van der Waals surface area contributed by atoms with E-state index < -0.39 is 0 Å². The smallest absolute Gasteiger partial charge is 0.272 e. The number of nitrogens with zero attached hydrogens (tertiary/aromatic N) is 2. The Morgan fingerprint density at radius 1 is 1.50 bits per heavy atom. The summed E-state index contributed by atoms with van der Waals surface area (Å²) in [7, 11) is 1.52. The van der Waals surface area contributed by atoms with Gasteiger partial charge in [0.1, 0.15) is 11.4 Å². The molecule has 20 heavy (non-hydrogen) atoms. The van der Waals surface area contributed by atoms with Gasteiger partial charge in [0.25, 0.3) is 5.91 Å². The van der Waals surface area contributed by atoms with Crippen LogP contribution in [0.1, 0.15) is 30.4 Å². The maximum atomic E-state index is 12.4. The Balaban J connectivity index is 2.28. The second kappa shape index (κ2) is 6.09. The Morgan fingerprint density at radius 3 is 2.90 bits per heavy atom. The van der Waals surface area contributed by atoms with Gasteiger partial charge in [-0.2, -0.15) is 0 Å². The van der Waals surface area contributed by atoms with Gasteiger partial charge in [-0.05, 0) is 48.0 Å². The van der Waals surface area contributed by atoms with E-state index in [0.29, 0.717) is 17.3 Å². The minimum atomic E-state index is -0.198. The van der Waals surface area contributed by atoms with E-state index in [1.165, 1.54) is 7.11 Å². The highest BCUT2D eigenvalue weighted by molar-refractivity contribution is 9.10. The van der Waals surface area contributed by atoms with Gasteiger partial charge in [-0.15, -0.1) is 0 Å². The summed E-state index contributed by atoms with van der Waals surface area (Å²) in [5.74, 6) is 0.193. The molecule has 2 aromatic rings. The van der Waals surface area contributed by atoms with Crippen LogP contribution in [0.2, 0.25) is 0 Å². The van der Waals surface area contributed by atoms with Gasteiger partial charge in [0.15, 0.2) is 0 Å². The molecule has 0 bridgehead atoms. The first-order valence-corrected chi connectivity index (χ1v) is 7.00. The molecule has 0 unspecified atom stereocenters. The molecular formula is C14H16BrN3O2. The van der Waals surface area contributed by atoms with Crippen LogP contribution in [0.15, 0.2) is 35.1 Å². The van der Waals surface area contributed by atoms with Crippen molar-refractivity contribution in [2.75, 3.05) is 12.4 Å². The van der Waals surface area contributed by atoms with Crippen LogP contribution in [0.5, 0.6) is 5.88 Å². The molecule has 0 radical (unpaired) electrons. The van der Waals surface area contributed by atoms with E-state index in [4.69, 9.17) is 4.74 Å². The summed E-state index contributed by atoms with van der Waals surface area (Å²) in [6.45, 7) is 4.04. The number of hydrogen-bond acceptors (Lipinski definition) is 3. The predicted molar refractivity (Wildman–Crippen MR) is 81.3 cm³/mol. The number of halogens is 1. The van der Waals surface area contributed by atoms with E-state index >= 15 is 0 Å². The average Bonchev–Trinajstić information content (AvgIpc) is 2.82. The van der Waals surface area contributed by atoms with Gasteiger partial charge in [0, 0.05) is 22.9 Å². The lowest BCUT2D eigenvalue weighted by Crippen LogP contribution is -2.18. The molecule has 5 nitrogen and oxygen atoms in total.